The summed E-state index contributed by atoms with van der Waals surface area (Å²) in [6.07, 6.45) is 21.0. The topological polar surface area (TPSA) is 18.5 Å². The average molecular weight is 323 g/mol. The van der Waals surface area contributed by atoms with Crippen molar-refractivity contribution in [3.05, 3.63) is 12.2 Å². The Kier molecular flexibility index (Phi) is 8.12. The van der Waals surface area contributed by atoms with Crippen molar-refractivity contribution in [2.75, 3.05) is 0 Å². The lowest BCUT2D eigenvalue weighted by atomic mass is 9.82. The van der Waals surface area contributed by atoms with E-state index in [1.54, 1.807) is 0 Å². The molecule has 2 aliphatic rings. The zero-order valence-electron chi connectivity index (χ0n) is 15.7. The normalized spacial score (nSPS) is 30.5. The van der Waals surface area contributed by atoms with Gasteiger partial charge in [0.2, 0.25) is 0 Å². The lowest BCUT2D eigenvalue weighted by Crippen LogP contribution is -2.41. The Bertz CT molecular complexity index is 340. The number of allylic oxidation sites excluding steroid dienone is 1. The summed E-state index contributed by atoms with van der Waals surface area (Å²) in [5, 5.41) is 0. The summed E-state index contributed by atoms with van der Waals surface area (Å²) in [5.41, 5.74) is 0. The Labute approximate surface area is 144 Å². The van der Waals surface area contributed by atoms with Crippen molar-refractivity contribution in [1.82, 2.24) is 0 Å². The van der Waals surface area contributed by atoms with Gasteiger partial charge < -0.3 is 9.47 Å². The van der Waals surface area contributed by atoms with E-state index in [4.69, 9.17) is 9.47 Å². The molecule has 0 aromatic heterocycles. The standard InChI is InChI=1S/C21H38O2/c1-4-5-6-7-8-9-10-11-12-15-20-16-13-14-17-21(20)22-18(2)19(3)23-21/h12,15,18-20H,4-11,13-14,16-17H2,1-3H3/b15-12+/t18-,19-,20-/m1/s1. The molecule has 1 saturated carbocycles. The van der Waals surface area contributed by atoms with Crippen LogP contribution in [0.15, 0.2) is 12.2 Å². The molecule has 1 saturated heterocycles. The molecule has 0 bridgehead atoms. The van der Waals surface area contributed by atoms with Crippen LogP contribution in [0.25, 0.3) is 0 Å². The van der Waals surface area contributed by atoms with Gasteiger partial charge in [-0.05, 0) is 39.5 Å². The van der Waals surface area contributed by atoms with Gasteiger partial charge >= 0.3 is 0 Å². The number of hydrogen-bond donors (Lipinski definition) is 0. The monoisotopic (exact) mass is 322 g/mol. The summed E-state index contributed by atoms with van der Waals surface area (Å²) in [6.45, 7) is 6.57. The van der Waals surface area contributed by atoms with Gasteiger partial charge in [0.25, 0.3) is 0 Å². The maximum atomic E-state index is 6.27. The predicted octanol–water partition coefficient (Wildman–Crippen LogP) is 6.39. The molecule has 2 heteroatoms. The molecule has 0 aromatic carbocycles. The molecule has 1 aliphatic carbocycles. The van der Waals surface area contributed by atoms with E-state index < -0.39 is 0 Å². The molecule has 2 rings (SSSR count). The van der Waals surface area contributed by atoms with E-state index in [2.05, 4.69) is 32.9 Å². The minimum atomic E-state index is -0.312. The molecule has 0 amide bonds. The first-order chi connectivity index (χ1) is 11.2. The molecule has 134 valence electrons. The molecule has 1 aliphatic heterocycles. The Hall–Kier alpha value is -0.340. The van der Waals surface area contributed by atoms with Gasteiger partial charge in [-0.15, -0.1) is 0 Å². The number of rotatable bonds is 9. The number of hydrogen-bond acceptors (Lipinski definition) is 2. The first-order valence-electron chi connectivity index (χ1n) is 10.2. The molecular formula is C21H38O2. The molecular weight excluding hydrogens is 284 g/mol. The maximum absolute atomic E-state index is 6.27. The molecule has 0 radical (unpaired) electrons. The van der Waals surface area contributed by atoms with Gasteiger partial charge in [0.1, 0.15) is 0 Å². The SMILES string of the molecule is CCCCCCCCC/C=C/[C@@H]1CCCCC12O[C@H](C)[C@@H](C)O2. The van der Waals surface area contributed by atoms with Gasteiger partial charge in [-0.1, -0.05) is 64.0 Å². The van der Waals surface area contributed by atoms with Crippen molar-refractivity contribution in [2.45, 2.75) is 116 Å². The summed E-state index contributed by atoms with van der Waals surface area (Å²) in [6, 6.07) is 0. The molecule has 2 nitrogen and oxygen atoms in total. The van der Waals surface area contributed by atoms with Gasteiger partial charge in [0.05, 0.1) is 12.2 Å². The minimum absolute atomic E-state index is 0.229. The lowest BCUT2D eigenvalue weighted by Gasteiger charge is -2.38. The van der Waals surface area contributed by atoms with Crippen LogP contribution < -0.4 is 0 Å². The molecule has 3 atom stereocenters. The Morgan fingerprint density at radius 3 is 2.26 bits per heavy atom. The van der Waals surface area contributed by atoms with E-state index in [1.165, 1.54) is 70.6 Å². The summed E-state index contributed by atoms with van der Waals surface area (Å²) < 4.78 is 12.5. The fourth-order valence-corrected chi connectivity index (χ4v) is 4.00. The van der Waals surface area contributed by atoms with Crippen LogP contribution in [0.1, 0.15) is 97.8 Å². The third kappa shape index (κ3) is 5.60. The summed E-state index contributed by atoms with van der Waals surface area (Å²) in [4.78, 5) is 0. The largest absolute Gasteiger partial charge is 0.344 e. The Balaban J connectivity index is 1.68. The third-order valence-corrected chi connectivity index (χ3v) is 5.63. The average Bonchev–Trinajstić information content (AvgIpc) is 2.82. The highest BCUT2D eigenvalue weighted by atomic mass is 16.8. The highest BCUT2D eigenvalue weighted by molar-refractivity contribution is 5.01. The Morgan fingerprint density at radius 1 is 0.913 bits per heavy atom. The molecule has 1 heterocycles. The zero-order valence-corrected chi connectivity index (χ0v) is 15.7. The fraction of sp³-hybridized carbons (Fsp3) is 0.905. The Morgan fingerprint density at radius 2 is 1.57 bits per heavy atom. The lowest BCUT2D eigenvalue weighted by molar-refractivity contribution is -0.214. The summed E-state index contributed by atoms with van der Waals surface area (Å²) in [7, 11) is 0. The van der Waals surface area contributed by atoms with Crippen molar-refractivity contribution in [1.29, 1.82) is 0 Å². The van der Waals surface area contributed by atoms with E-state index >= 15 is 0 Å². The predicted molar refractivity (Wildman–Crippen MR) is 97.5 cm³/mol. The molecule has 0 aromatic rings. The van der Waals surface area contributed by atoms with Crippen molar-refractivity contribution in [3.8, 4) is 0 Å². The molecule has 0 N–H and O–H groups in total. The zero-order chi connectivity index (χ0) is 16.5. The van der Waals surface area contributed by atoms with Gasteiger partial charge in [-0.2, -0.15) is 0 Å². The third-order valence-electron chi connectivity index (χ3n) is 5.63. The van der Waals surface area contributed by atoms with Crippen LogP contribution >= 0.6 is 0 Å². The van der Waals surface area contributed by atoms with Crippen LogP contribution in [0, 0.1) is 5.92 Å². The molecule has 0 unspecified atom stereocenters. The second-order valence-corrected chi connectivity index (χ2v) is 7.65. The molecule has 2 fully saturated rings. The number of ether oxygens (including phenoxy) is 2. The minimum Gasteiger partial charge on any atom is -0.344 e. The molecule has 1 spiro atoms. The second-order valence-electron chi connectivity index (χ2n) is 7.65. The van der Waals surface area contributed by atoms with Crippen LogP contribution in [0.5, 0.6) is 0 Å². The van der Waals surface area contributed by atoms with Crippen LogP contribution in [0.2, 0.25) is 0 Å². The first-order valence-corrected chi connectivity index (χ1v) is 10.2. The van der Waals surface area contributed by atoms with E-state index in [0.717, 1.165) is 6.42 Å². The van der Waals surface area contributed by atoms with Crippen LogP contribution in [-0.4, -0.2) is 18.0 Å². The van der Waals surface area contributed by atoms with E-state index in [0.29, 0.717) is 5.92 Å². The van der Waals surface area contributed by atoms with Crippen LogP contribution in [-0.2, 0) is 9.47 Å². The van der Waals surface area contributed by atoms with Gasteiger partial charge in [-0.25, -0.2) is 0 Å². The highest BCUT2D eigenvalue weighted by Crippen LogP contribution is 2.44. The van der Waals surface area contributed by atoms with Crippen LogP contribution in [0.4, 0.5) is 0 Å². The number of unbranched alkanes of at least 4 members (excludes halogenated alkanes) is 7. The fourth-order valence-electron chi connectivity index (χ4n) is 4.00. The van der Waals surface area contributed by atoms with Crippen molar-refractivity contribution in [2.24, 2.45) is 5.92 Å². The highest BCUT2D eigenvalue weighted by Gasteiger charge is 2.49. The summed E-state index contributed by atoms with van der Waals surface area (Å²) in [5.74, 6) is 0.140. The second kappa shape index (κ2) is 9.84. The molecule has 23 heavy (non-hydrogen) atoms. The van der Waals surface area contributed by atoms with Crippen molar-refractivity contribution < 1.29 is 9.47 Å². The first kappa shape index (κ1) is 19.0. The maximum Gasteiger partial charge on any atom is 0.175 e. The van der Waals surface area contributed by atoms with E-state index in [9.17, 15) is 0 Å². The van der Waals surface area contributed by atoms with Gasteiger partial charge in [0, 0.05) is 12.3 Å². The van der Waals surface area contributed by atoms with Crippen molar-refractivity contribution in [3.63, 3.8) is 0 Å². The van der Waals surface area contributed by atoms with Crippen LogP contribution in [0.3, 0.4) is 0 Å². The van der Waals surface area contributed by atoms with E-state index in [1.807, 2.05) is 0 Å². The van der Waals surface area contributed by atoms with Gasteiger partial charge in [-0.3, -0.25) is 0 Å². The summed E-state index contributed by atoms with van der Waals surface area (Å²) >= 11 is 0. The van der Waals surface area contributed by atoms with Crippen molar-refractivity contribution >= 4 is 0 Å². The quantitative estimate of drug-likeness (QED) is 0.361. The smallest absolute Gasteiger partial charge is 0.175 e. The van der Waals surface area contributed by atoms with Gasteiger partial charge in [0.15, 0.2) is 5.79 Å². The van der Waals surface area contributed by atoms with E-state index in [-0.39, 0.29) is 18.0 Å².